The van der Waals surface area contributed by atoms with E-state index < -0.39 is 9.84 Å². The van der Waals surface area contributed by atoms with Gasteiger partial charge in [-0.2, -0.15) is 0 Å². The molecule has 0 unspecified atom stereocenters. The van der Waals surface area contributed by atoms with Crippen LogP contribution in [-0.2, 0) is 14.6 Å². The minimum atomic E-state index is -3.01. The molecule has 0 spiro atoms. The van der Waals surface area contributed by atoms with Crippen molar-refractivity contribution in [2.45, 2.75) is 38.6 Å². The molecule has 2 heterocycles. The number of furan rings is 1. The molecule has 1 aromatic heterocycles. The van der Waals surface area contributed by atoms with Crippen molar-refractivity contribution in [2.75, 3.05) is 18.6 Å². The topological polar surface area (TPSA) is 67.6 Å². The highest BCUT2D eigenvalue weighted by Gasteiger charge is 2.32. The van der Waals surface area contributed by atoms with Crippen LogP contribution in [0.15, 0.2) is 22.8 Å². The summed E-state index contributed by atoms with van der Waals surface area (Å²) < 4.78 is 27.8. The van der Waals surface area contributed by atoms with Gasteiger partial charge in [0, 0.05) is 19.2 Å². The van der Waals surface area contributed by atoms with Crippen LogP contribution in [0.3, 0.4) is 0 Å². The third-order valence-electron chi connectivity index (χ3n) is 3.96. The Hall–Kier alpha value is -1.30. The first-order valence-electron chi connectivity index (χ1n) is 7.37. The summed E-state index contributed by atoms with van der Waals surface area (Å²) in [7, 11) is -3.01. The number of carbonyl (C=O) groups excluding carboxylic acids is 1. The fourth-order valence-electron chi connectivity index (χ4n) is 2.82. The van der Waals surface area contributed by atoms with Crippen molar-refractivity contribution in [3.8, 4) is 0 Å². The molecule has 5 nitrogen and oxygen atoms in total. The fraction of sp³-hybridized carbons (Fsp3) is 0.667. The van der Waals surface area contributed by atoms with Gasteiger partial charge in [-0.05, 0) is 37.3 Å². The van der Waals surface area contributed by atoms with E-state index in [0.717, 1.165) is 18.6 Å². The Balaban J connectivity index is 2.00. The van der Waals surface area contributed by atoms with Gasteiger partial charge >= 0.3 is 0 Å². The Morgan fingerprint density at radius 2 is 2.24 bits per heavy atom. The molecule has 0 bridgehead atoms. The summed E-state index contributed by atoms with van der Waals surface area (Å²) in [4.78, 5) is 14.2. The van der Waals surface area contributed by atoms with Crippen molar-refractivity contribution < 1.29 is 17.6 Å². The van der Waals surface area contributed by atoms with Crippen LogP contribution in [0.4, 0.5) is 0 Å². The van der Waals surface area contributed by atoms with Crippen LogP contribution < -0.4 is 0 Å². The van der Waals surface area contributed by atoms with E-state index in [-0.39, 0.29) is 24.1 Å². The van der Waals surface area contributed by atoms with Crippen LogP contribution >= 0.6 is 0 Å². The second kappa shape index (κ2) is 6.64. The van der Waals surface area contributed by atoms with E-state index in [1.165, 1.54) is 6.26 Å². The molecule has 1 fully saturated rings. The van der Waals surface area contributed by atoms with Gasteiger partial charge in [-0.3, -0.25) is 4.79 Å². The minimum Gasteiger partial charge on any atom is -0.467 e. The zero-order chi connectivity index (χ0) is 15.5. The molecule has 1 amide bonds. The van der Waals surface area contributed by atoms with Crippen molar-refractivity contribution in [3.63, 3.8) is 0 Å². The van der Waals surface area contributed by atoms with E-state index in [1.54, 1.807) is 6.26 Å². The van der Waals surface area contributed by atoms with Crippen LogP contribution in [0.1, 0.15) is 44.4 Å². The third kappa shape index (κ3) is 4.59. The molecule has 2 atom stereocenters. The van der Waals surface area contributed by atoms with Gasteiger partial charge in [-0.25, -0.2) is 8.42 Å². The molecule has 6 heteroatoms. The lowest BCUT2D eigenvalue weighted by Gasteiger charge is -2.37. The number of hydrogen-bond donors (Lipinski definition) is 0. The zero-order valence-corrected chi connectivity index (χ0v) is 13.4. The first kappa shape index (κ1) is 16.1. The lowest BCUT2D eigenvalue weighted by atomic mass is 9.91. The Labute approximate surface area is 126 Å². The Kier molecular flexibility index (Phi) is 5.08. The Bertz CT molecular complexity index is 565. The lowest BCUT2D eigenvalue weighted by Crippen LogP contribution is -2.40. The largest absolute Gasteiger partial charge is 0.467 e. The highest BCUT2D eigenvalue weighted by Crippen LogP contribution is 2.34. The smallest absolute Gasteiger partial charge is 0.223 e. The number of amides is 1. The van der Waals surface area contributed by atoms with Crippen LogP contribution in [0, 0.1) is 5.92 Å². The summed E-state index contributed by atoms with van der Waals surface area (Å²) in [6.07, 6.45) is 5.36. The SMILES string of the molecule is C[C@@H]1CCN(C(=O)CCCS(C)(=O)=O)[C@@H](c2ccco2)C1. The molecule has 1 saturated heterocycles. The van der Waals surface area contributed by atoms with Crippen molar-refractivity contribution in [1.29, 1.82) is 0 Å². The number of piperidine rings is 1. The molecular formula is C15H23NO4S. The van der Waals surface area contributed by atoms with Crippen LogP contribution in [0.5, 0.6) is 0 Å². The average Bonchev–Trinajstić information content (AvgIpc) is 2.90. The molecule has 118 valence electrons. The van der Waals surface area contributed by atoms with E-state index in [2.05, 4.69) is 6.92 Å². The van der Waals surface area contributed by atoms with E-state index >= 15 is 0 Å². The summed E-state index contributed by atoms with van der Waals surface area (Å²) in [5, 5.41) is 0. The molecule has 0 N–H and O–H groups in total. The van der Waals surface area contributed by atoms with Gasteiger partial charge in [-0.1, -0.05) is 6.92 Å². The van der Waals surface area contributed by atoms with Gasteiger partial charge in [-0.15, -0.1) is 0 Å². The summed E-state index contributed by atoms with van der Waals surface area (Å²) in [5.74, 6) is 1.46. The standard InChI is InChI=1S/C15H23NO4S/c1-12-7-8-16(13(11-12)14-5-3-9-20-14)15(17)6-4-10-21(2,18)19/h3,5,9,12-13H,4,6-8,10-11H2,1-2H3/t12-,13-/m1/s1. The molecule has 0 radical (unpaired) electrons. The molecule has 0 aromatic carbocycles. The first-order valence-corrected chi connectivity index (χ1v) is 9.43. The van der Waals surface area contributed by atoms with Gasteiger partial charge in [0.25, 0.3) is 0 Å². The van der Waals surface area contributed by atoms with Crippen LogP contribution in [0.25, 0.3) is 0 Å². The first-order chi connectivity index (χ1) is 9.87. The molecule has 1 aromatic rings. The van der Waals surface area contributed by atoms with Crippen molar-refractivity contribution >= 4 is 15.7 Å². The second-order valence-electron chi connectivity index (χ2n) is 5.98. The number of rotatable bonds is 5. The summed E-state index contributed by atoms with van der Waals surface area (Å²) in [6.45, 7) is 2.89. The maximum absolute atomic E-state index is 12.4. The molecule has 0 saturated carbocycles. The third-order valence-corrected chi connectivity index (χ3v) is 4.99. The van der Waals surface area contributed by atoms with Crippen LogP contribution in [0.2, 0.25) is 0 Å². The van der Waals surface area contributed by atoms with E-state index in [1.807, 2.05) is 17.0 Å². The quantitative estimate of drug-likeness (QED) is 0.837. The maximum atomic E-state index is 12.4. The fourth-order valence-corrected chi connectivity index (χ4v) is 3.49. The van der Waals surface area contributed by atoms with Gasteiger partial charge in [0.15, 0.2) is 0 Å². The van der Waals surface area contributed by atoms with Crippen molar-refractivity contribution in [2.24, 2.45) is 5.92 Å². The van der Waals surface area contributed by atoms with E-state index in [0.29, 0.717) is 18.9 Å². The highest BCUT2D eigenvalue weighted by molar-refractivity contribution is 7.90. The average molecular weight is 313 g/mol. The van der Waals surface area contributed by atoms with Crippen molar-refractivity contribution in [1.82, 2.24) is 4.90 Å². The van der Waals surface area contributed by atoms with Gasteiger partial charge in [0.05, 0.1) is 18.1 Å². The van der Waals surface area contributed by atoms with E-state index in [9.17, 15) is 13.2 Å². The summed E-state index contributed by atoms with van der Waals surface area (Å²) >= 11 is 0. The van der Waals surface area contributed by atoms with Gasteiger partial charge < -0.3 is 9.32 Å². The Morgan fingerprint density at radius 1 is 1.48 bits per heavy atom. The van der Waals surface area contributed by atoms with Crippen molar-refractivity contribution in [3.05, 3.63) is 24.2 Å². The predicted octanol–water partition coefficient (Wildman–Crippen LogP) is 2.40. The monoisotopic (exact) mass is 313 g/mol. The highest BCUT2D eigenvalue weighted by atomic mass is 32.2. The minimum absolute atomic E-state index is 0.0190. The molecular weight excluding hydrogens is 290 g/mol. The maximum Gasteiger partial charge on any atom is 0.223 e. The van der Waals surface area contributed by atoms with Gasteiger partial charge in [0.2, 0.25) is 5.91 Å². The summed E-state index contributed by atoms with van der Waals surface area (Å²) in [6, 6.07) is 3.72. The Morgan fingerprint density at radius 3 is 2.86 bits per heavy atom. The normalized spacial score (nSPS) is 23.2. The summed E-state index contributed by atoms with van der Waals surface area (Å²) in [5.41, 5.74) is 0. The van der Waals surface area contributed by atoms with E-state index in [4.69, 9.17) is 4.42 Å². The molecule has 21 heavy (non-hydrogen) atoms. The molecule has 1 aliphatic heterocycles. The molecule has 0 aliphatic carbocycles. The predicted molar refractivity (Wildman–Crippen MR) is 80.5 cm³/mol. The number of hydrogen-bond acceptors (Lipinski definition) is 4. The number of carbonyl (C=O) groups is 1. The number of nitrogens with zero attached hydrogens (tertiary/aromatic N) is 1. The number of sulfone groups is 1. The molecule has 1 aliphatic rings. The lowest BCUT2D eigenvalue weighted by molar-refractivity contribution is -0.136. The second-order valence-corrected chi connectivity index (χ2v) is 8.24. The molecule has 2 rings (SSSR count). The number of likely N-dealkylation sites (tertiary alicyclic amines) is 1. The van der Waals surface area contributed by atoms with Gasteiger partial charge in [0.1, 0.15) is 15.6 Å². The zero-order valence-electron chi connectivity index (χ0n) is 12.6. The van der Waals surface area contributed by atoms with Crippen LogP contribution in [-0.4, -0.2) is 37.8 Å².